The molecule has 1 rings (SSSR count). The van der Waals surface area contributed by atoms with Crippen molar-refractivity contribution in [1.82, 2.24) is 0 Å². The summed E-state index contributed by atoms with van der Waals surface area (Å²) >= 11 is 0. The highest BCUT2D eigenvalue weighted by molar-refractivity contribution is 7.57. The minimum atomic E-state index is -3.50. The SMILES string of the molecule is [B]OC(=O)CCCP(=O)(O)Cc1cccc([N+](=O)[O-])c1. The fourth-order valence-corrected chi connectivity index (χ4v) is 3.24. The lowest BCUT2D eigenvalue weighted by molar-refractivity contribution is -0.384. The van der Waals surface area contributed by atoms with Crippen LogP contribution in [0.4, 0.5) is 5.69 Å². The minimum absolute atomic E-state index is 0.0456. The fourth-order valence-electron chi connectivity index (χ4n) is 1.66. The third-order valence-corrected chi connectivity index (χ3v) is 4.45. The maximum atomic E-state index is 11.9. The molecule has 0 aliphatic heterocycles. The van der Waals surface area contributed by atoms with E-state index in [0.29, 0.717) is 5.56 Å². The van der Waals surface area contributed by atoms with Gasteiger partial charge in [-0.2, -0.15) is 0 Å². The molecule has 0 aliphatic rings. The van der Waals surface area contributed by atoms with Gasteiger partial charge in [-0.05, 0) is 12.0 Å². The van der Waals surface area contributed by atoms with E-state index in [4.69, 9.17) is 0 Å². The summed E-state index contributed by atoms with van der Waals surface area (Å²) in [6, 6.07) is 5.57. The molecule has 0 heterocycles. The number of nitrogens with zero attached hydrogens (tertiary/aromatic N) is 1. The Balaban J connectivity index is 2.61. The van der Waals surface area contributed by atoms with Gasteiger partial charge >= 0.3 is 8.05 Å². The fraction of sp³-hybridized carbons (Fsp3) is 0.364. The molecule has 7 nitrogen and oxygen atoms in total. The molecule has 20 heavy (non-hydrogen) atoms. The van der Waals surface area contributed by atoms with Crippen molar-refractivity contribution in [2.75, 3.05) is 6.16 Å². The predicted molar refractivity (Wildman–Crippen MR) is 72.6 cm³/mol. The van der Waals surface area contributed by atoms with Gasteiger partial charge in [0.05, 0.1) is 4.92 Å². The van der Waals surface area contributed by atoms with Crippen LogP contribution in [0.3, 0.4) is 0 Å². The highest BCUT2D eigenvalue weighted by Crippen LogP contribution is 2.45. The first kappa shape index (κ1) is 16.4. The van der Waals surface area contributed by atoms with E-state index in [9.17, 15) is 24.4 Å². The van der Waals surface area contributed by atoms with Gasteiger partial charge < -0.3 is 9.55 Å². The third-order valence-electron chi connectivity index (χ3n) is 2.57. The molecular weight excluding hydrogens is 284 g/mol. The zero-order valence-electron chi connectivity index (χ0n) is 10.6. The van der Waals surface area contributed by atoms with E-state index in [1.165, 1.54) is 18.2 Å². The number of carbonyl (C=O) groups excluding carboxylic acids is 1. The molecule has 1 unspecified atom stereocenters. The van der Waals surface area contributed by atoms with Crippen molar-refractivity contribution in [3.05, 3.63) is 39.9 Å². The second-order valence-electron chi connectivity index (χ2n) is 4.25. The van der Waals surface area contributed by atoms with Crippen LogP contribution in [0.1, 0.15) is 18.4 Å². The average Bonchev–Trinajstić information content (AvgIpc) is 2.37. The first-order valence-corrected chi connectivity index (χ1v) is 7.81. The highest BCUT2D eigenvalue weighted by atomic mass is 31.2. The predicted octanol–water partition coefficient (Wildman–Crippen LogP) is 1.77. The molecule has 9 heteroatoms. The summed E-state index contributed by atoms with van der Waals surface area (Å²) in [6.45, 7) is 0. The zero-order chi connectivity index (χ0) is 15.2. The number of non-ortho nitro benzene ring substituents is 1. The smallest absolute Gasteiger partial charge is 0.378 e. The monoisotopic (exact) mass is 297 g/mol. The number of nitro benzene ring substituents is 1. The summed E-state index contributed by atoms with van der Waals surface area (Å²) in [7, 11) is 1.14. The molecule has 0 saturated heterocycles. The summed E-state index contributed by atoms with van der Waals surface area (Å²) in [4.78, 5) is 30.6. The lowest BCUT2D eigenvalue weighted by Gasteiger charge is -2.11. The molecule has 0 spiro atoms. The number of hydrogen-bond donors (Lipinski definition) is 1. The summed E-state index contributed by atoms with van der Waals surface area (Å²) in [5.74, 6) is -0.652. The van der Waals surface area contributed by atoms with Gasteiger partial charge in [-0.15, -0.1) is 0 Å². The quantitative estimate of drug-likeness (QED) is 0.356. The standard InChI is InChI=1S/C11H13BNO6P/c12-19-11(14)5-2-6-20(17,18)8-9-3-1-4-10(7-9)13(15)16/h1,3-4,7H,2,5-6,8H2,(H,17,18). The van der Waals surface area contributed by atoms with E-state index in [-0.39, 0.29) is 30.9 Å². The number of rotatable bonds is 7. The highest BCUT2D eigenvalue weighted by Gasteiger charge is 2.20. The van der Waals surface area contributed by atoms with Gasteiger partial charge in [0.1, 0.15) is 0 Å². The molecule has 0 aliphatic carbocycles. The van der Waals surface area contributed by atoms with E-state index >= 15 is 0 Å². The van der Waals surface area contributed by atoms with Gasteiger partial charge in [0, 0.05) is 30.9 Å². The van der Waals surface area contributed by atoms with Crippen molar-refractivity contribution in [2.45, 2.75) is 19.0 Å². The first-order chi connectivity index (χ1) is 9.34. The average molecular weight is 297 g/mol. The molecule has 1 atom stereocenters. The van der Waals surface area contributed by atoms with Crippen LogP contribution in [-0.2, 0) is 20.2 Å². The van der Waals surface area contributed by atoms with Gasteiger partial charge in [-0.1, -0.05) is 12.1 Å². The molecule has 2 radical (unpaired) electrons. The molecule has 0 amide bonds. The maximum Gasteiger partial charge on any atom is 0.378 e. The van der Waals surface area contributed by atoms with Gasteiger partial charge in [0.2, 0.25) is 7.37 Å². The largest absolute Gasteiger partial charge is 0.543 e. The molecule has 0 bridgehead atoms. The van der Waals surface area contributed by atoms with Gasteiger partial charge in [-0.25, -0.2) is 0 Å². The van der Waals surface area contributed by atoms with E-state index in [0.717, 1.165) is 0 Å². The topological polar surface area (TPSA) is 107 Å². The third kappa shape index (κ3) is 5.55. The lowest BCUT2D eigenvalue weighted by atomic mass is 10.2. The van der Waals surface area contributed by atoms with E-state index in [1.54, 1.807) is 6.07 Å². The van der Waals surface area contributed by atoms with E-state index in [2.05, 4.69) is 12.7 Å². The molecule has 106 valence electrons. The van der Waals surface area contributed by atoms with Crippen molar-refractivity contribution >= 4 is 27.1 Å². The van der Waals surface area contributed by atoms with Crippen molar-refractivity contribution in [3.8, 4) is 0 Å². The Morgan fingerprint density at radius 3 is 2.80 bits per heavy atom. The second kappa shape index (κ2) is 7.21. The van der Waals surface area contributed by atoms with Crippen molar-refractivity contribution < 1.29 is 23.8 Å². The minimum Gasteiger partial charge on any atom is -0.543 e. The molecular formula is C11H13BNO6P. The molecule has 0 aromatic heterocycles. The van der Waals surface area contributed by atoms with Crippen LogP contribution in [0.25, 0.3) is 0 Å². The molecule has 1 aromatic rings. The summed E-state index contributed by atoms with van der Waals surface area (Å²) in [5, 5.41) is 10.6. The molecule has 0 fully saturated rings. The van der Waals surface area contributed by atoms with Crippen LogP contribution in [-0.4, -0.2) is 30.0 Å². The number of hydrogen-bond acceptors (Lipinski definition) is 5. The summed E-state index contributed by atoms with van der Waals surface area (Å²) < 4.78 is 15.9. The van der Waals surface area contributed by atoms with Crippen LogP contribution in [0.5, 0.6) is 0 Å². The van der Waals surface area contributed by atoms with Crippen LogP contribution in [0.15, 0.2) is 24.3 Å². The maximum absolute atomic E-state index is 11.9. The Morgan fingerprint density at radius 1 is 1.50 bits per heavy atom. The van der Waals surface area contributed by atoms with Crippen LogP contribution in [0, 0.1) is 10.1 Å². The van der Waals surface area contributed by atoms with Crippen LogP contribution < -0.4 is 0 Å². The summed E-state index contributed by atoms with van der Waals surface area (Å²) in [5.41, 5.74) is 0.278. The number of nitro groups is 1. The Kier molecular flexibility index (Phi) is 5.92. The number of benzene rings is 1. The van der Waals surface area contributed by atoms with E-state index < -0.39 is 18.3 Å². The zero-order valence-corrected chi connectivity index (χ0v) is 11.5. The Morgan fingerprint density at radius 2 is 2.20 bits per heavy atom. The molecule has 1 N–H and O–H groups in total. The van der Waals surface area contributed by atoms with Crippen LogP contribution >= 0.6 is 7.37 Å². The summed E-state index contributed by atoms with van der Waals surface area (Å²) in [6.07, 6.45) is -0.133. The first-order valence-electron chi connectivity index (χ1n) is 5.78. The Labute approximate surface area is 117 Å². The van der Waals surface area contributed by atoms with Gasteiger partial charge in [-0.3, -0.25) is 19.5 Å². The van der Waals surface area contributed by atoms with Crippen molar-refractivity contribution in [2.24, 2.45) is 0 Å². The molecule has 1 aromatic carbocycles. The number of carbonyl (C=O) groups is 1. The normalized spacial score (nSPS) is 13.4. The van der Waals surface area contributed by atoms with Gasteiger partial charge in [0.15, 0.2) is 0 Å². The molecule has 0 saturated carbocycles. The lowest BCUT2D eigenvalue weighted by Crippen LogP contribution is -2.03. The Hall–Kier alpha value is -1.66. The van der Waals surface area contributed by atoms with Crippen molar-refractivity contribution in [1.29, 1.82) is 0 Å². The van der Waals surface area contributed by atoms with E-state index in [1.807, 2.05) is 0 Å². The van der Waals surface area contributed by atoms with Crippen LogP contribution in [0.2, 0.25) is 0 Å². The van der Waals surface area contributed by atoms with Crippen molar-refractivity contribution in [3.63, 3.8) is 0 Å². The van der Waals surface area contributed by atoms with Gasteiger partial charge in [0.25, 0.3) is 11.7 Å². The second-order valence-corrected chi connectivity index (χ2v) is 6.70. The Bertz CT molecular complexity index is 549.